The van der Waals surface area contributed by atoms with Gasteiger partial charge in [-0.1, -0.05) is 0 Å². The Hall–Kier alpha value is -2.59. The lowest BCUT2D eigenvalue weighted by molar-refractivity contribution is 0.356. The number of ether oxygens (including phenoxy) is 2. The van der Waals surface area contributed by atoms with E-state index < -0.39 is 10.0 Å². The Balaban J connectivity index is 1.96. The van der Waals surface area contributed by atoms with Gasteiger partial charge in [-0.25, -0.2) is 18.4 Å². The third-order valence-electron chi connectivity index (χ3n) is 3.27. The molecule has 0 aliphatic rings. The van der Waals surface area contributed by atoms with Crippen LogP contribution in [-0.4, -0.2) is 38.9 Å². The molecule has 2 aromatic heterocycles. The number of benzene rings is 1. The molecule has 0 spiro atoms. The molecule has 1 aromatic carbocycles. The van der Waals surface area contributed by atoms with Crippen LogP contribution in [0.2, 0.25) is 0 Å². The summed E-state index contributed by atoms with van der Waals surface area (Å²) in [5.74, 6) is 1.73. The van der Waals surface area contributed by atoms with E-state index in [1.54, 1.807) is 38.5 Å². The maximum Gasteiger partial charge on any atom is 0.230 e. The van der Waals surface area contributed by atoms with E-state index in [-0.39, 0.29) is 0 Å². The van der Waals surface area contributed by atoms with Gasteiger partial charge in [0.25, 0.3) is 0 Å². The van der Waals surface area contributed by atoms with Crippen LogP contribution < -0.4 is 19.5 Å². The van der Waals surface area contributed by atoms with Gasteiger partial charge in [-0.3, -0.25) is 4.72 Å². The third-order valence-corrected chi connectivity index (χ3v) is 4.91. The molecule has 0 aliphatic carbocycles. The summed E-state index contributed by atoms with van der Waals surface area (Å²) in [7, 11) is -0.191. The molecule has 10 heteroatoms. The molecule has 8 nitrogen and oxygen atoms in total. The van der Waals surface area contributed by atoms with E-state index in [0.717, 1.165) is 16.6 Å². The molecule has 25 heavy (non-hydrogen) atoms. The molecule has 0 aliphatic heterocycles. The molecule has 2 heterocycles. The largest absolute Gasteiger partial charge is 0.493 e. The van der Waals surface area contributed by atoms with Crippen LogP contribution in [-0.2, 0) is 10.0 Å². The Morgan fingerprint density at radius 3 is 2.40 bits per heavy atom. The number of hydrogen-bond donors (Lipinski definition) is 2. The molecule has 132 valence electrons. The van der Waals surface area contributed by atoms with Crippen LogP contribution in [0.15, 0.2) is 30.6 Å². The van der Waals surface area contributed by atoms with Crippen molar-refractivity contribution in [2.75, 3.05) is 30.5 Å². The van der Waals surface area contributed by atoms with E-state index in [4.69, 9.17) is 9.47 Å². The minimum absolute atomic E-state index is 0.516. The number of rotatable bonds is 6. The monoisotopic (exact) mass is 380 g/mol. The highest BCUT2D eigenvalue weighted by atomic mass is 32.2. The van der Waals surface area contributed by atoms with Crippen molar-refractivity contribution in [3.63, 3.8) is 0 Å². The Labute approximate surface area is 148 Å². The first-order chi connectivity index (χ1) is 11.9. The lowest BCUT2D eigenvalue weighted by Gasteiger charge is -2.11. The van der Waals surface area contributed by atoms with Gasteiger partial charge < -0.3 is 14.8 Å². The van der Waals surface area contributed by atoms with Crippen LogP contribution in [0, 0.1) is 0 Å². The second-order valence-electron chi connectivity index (χ2n) is 5.11. The van der Waals surface area contributed by atoms with E-state index in [2.05, 4.69) is 20.0 Å². The molecule has 3 aromatic rings. The maximum absolute atomic E-state index is 11.3. The van der Waals surface area contributed by atoms with Gasteiger partial charge in [0.1, 0.15) is 17.1 Å². The van der Waals surface area contributed by atoms with Gasteiger partial charge in [-0.05, 0) is 18.2 Å². The molecule has 2 N–H and O–H groups in total. The molecule has 3 rings (SSSR count). The lowest BCUT2D eigenvalue weighted by atomic mass is 10.2. The minimum atomic E-state index is -3.31. The number of nitrogens with one attached hydrogen (secondary N) is 2. The van der Waals surface area contributed by atoms with Gasteiger partial charge in [0.15, 0.2) is 11.5 Å². The highest BCUT2D eigenvalue weighted by Crippen LogP contribution is 2.36. The molecular weight excluding hydrogens is 364 g/mol. The van der Waals surface area contributed by atoms with Crippen LogP contribution in [0.4, 0.5) is 15.8 Å². The van der Waals surface area contributed by atoms with E-state index in [1.807, 2.05) is 0 Å². The van der Waals surface area contributed by atoms with Crippen LogP contribution in [0.25, 0.3) is 10.9 Å². The summed E-state index contributed by atoms with van der Waals surface area (Å²) >= 11 is 1.26. The summed E-state index contributed by atoms with van der Waals surface area (Å²) in [6.45, 7) is 0. The van der Waals surface area contributed by atoms with Crippen LogP contribution in [0.1, 0.15) is 0 Å². The van der Waals surface area contributed by atoms with Gasteiger partial charge in [-0.15, -0.1) is 11.3 Å². The van der Waals surface area contributed by atoms with Crippen molar-refractivity contribution >= 4 is 48.1 Å². The normalized spacial score (nSPS) is 11.3. The SMILES string of the molecule is COc1cc2ncnc(Nc3ccc(NS(C)(=O)=O)s3)c2cc1OC. The third kappa shape index (κ3) is 3.91. The zero-order chi connectivity index (χ0) is 18.0. The van der Waals surface area contributed by atoms with Crippen molar-refractivity contribution in [1.82, 2.24) is 9.97 Å². The average Bonchev–Trinajstić information content (AvgIpc) is 2.98. The number of anilines is 3. The van der Waals surface area contributed by atoms with Crippen molar-refractivity contribution in [3.05, 3.63) is 30.6 Å². The number of thiophene rings is 1. The van der Waals surface area contributed by atoms with Crippen molar-refractivity contribution in [2.24, 2.45) is 0 Å². The topological polar surface area (TPSA) is 102 Å². The smallest absolute Gasteiger partial charge is 0.230 e. The fourth-order valence-corrected chi connectivity index (χ4v) is 3.95. The molecular formula is C15H16N4O4S2. The van der Waals surface area contributed by atoms with Gasteiger partial charge in [-0.2, -0.15) is 0 Å². The summed E-state index contributed by atoms with van der Waals surface area (Å²) in [4.78, 5) is 8.51. The standard InChI is InChI=1S/C15H16N4O4S2/c1-22-11-6-9-10(7-12(11)23-2)16-8-17-15(9)18-13-4-5-14(24-13)19-25(3,20)21/h4-8,19H,1-3H3,(H,16,17,18). The highest BCUT2D eigenvalue weighted by Gasteiger charge is 2.12. The Morgan fingerprint density at radius 2 is 1.72 bits per heavy atom. The summed E-state index contributed by atoms with van der Waals surface area (Å²) in [6, 6.07) is 7.01. The number of nitrogens with zero attached hydrogens (tertiary/aromatic N) is 2. The van der Waals surface area contributed by atoms with Crippen molar-refractivity contribution in [1.29, 1.82) is 0 Å². The minimum Gasteiger partial charge on any atom is -0.493 e. The van der Waals surface area contributed by atoms with E-state index >= 15 is 0 Å². The number of methoxy groups -OCH3 is 2. The van der Waals surface area contributed by atoms with Gasteiger partial charge in [0, 0.05) is 11.5 Å². The van der Waals surface area contributed by atoms with E-state index in [9.17, 15) is 8.42 Å². The first kappa shape index (κ1) is 17.2. The van der Waals surface area contributed by atoms with Gasteiger partial charge in [0.05, 0.1) is 31.0 Å². The van der Waals surface area contributed by atoms with Crippen LogP contribution in [0.5, 0.6) is 11.5 Å². The predicted octanol–water partition coefficient (Wildman–Crippen LogP) is 2.82. The van der Waals surface area contributed by atoms with E-state index in [1.165, 1.54) is 17.7 Å². The second-order valence-corrected chi connectivity index (χ2v) is 7.94. The fourth-order valence-electron chi connectivity index (χ4n) is 2.24. The zero-order valence-electron chi connectivity index (χ0n) is 13.7. The van der Waals surface area contributed by atoms with Crippen LogP contribution >= 0.6 is 11.3 Å². The summed E-state index contributed by atoms with van der Waals surface area (Å²) in [5, 5.41) is 5.19. The molecule has 0 unspecified atom stereocenters. The van der Waals surface area contributed by atoms with Gasteiger partial charge >= 0.3 is 0 Å². The summed E-state index contributed by atoms with van der Waals surface area (Å²) < 4.78 is 35.7. The number of sulfonamides is 1. The fraction of sp³-hybridized carbons (Fsp3) is 0.200. The Bertz CT molecular complexity index is 1020. The Morgan fingerprint density at radius 1 is 1.04 bits per heavy atom. The predicted molar refractivity (Wildman–Crippen MR) is 98.7 cm³/mol. The van der Waals surface area contributed by atoms with Crippen LogP contribution in [0.3, 0.4) is 0 Å². The number of hydrogen-bond acceptors (Lipinski definition) is 8. The number of fused-ring (bicyclic) bond motifs is 1. The van der Waals surface area contributed by atoms with Crippen molar-refractivity contribution in [3.8, 4) is 11.5 Å². The summed E-state index contributed by atoms with van der Waals surface area (Å²) in [6.07, 6.45) is 2.55. The summed E-state index contributed by atoms with van der Waals surface area (Å²) in [5.41, 5.74) is 0.696. The average molecular weight is 380 g/mol. The Kier molecular flexibility index (Phi) is 4.64. The quantitative estimate of drug-likeness (QED) is 0.678. The van der Waals surface area contributed by atoms with Crippen molar-refractivity contribution < 1.29 is 17.9 Å². The second kappa shape index (κ2) is 6.73. The molecule has 0 bridgehead atoms. The molecule has 0 atom stereocenters. The molecule has 0 amide bonds. The van der Waals surface area contributed by atoms with E-state index in [0.29, 0.717) is 27.8 Å². The first-order valence-electron chi connectivity index (χ1n) is 7.11. The highest BCUT2D eigenvalue weighted by molar-refractivity contribution is 7.92. The zero-order valence-corrected chi connectivity index (χ0v) is 15.4. The molecule has 0 saturated heterocycles. The number of aromatic nitrogens is 2. The molecule has 0 fully saturated rings. The molecule has 0 radical (unpaired) electrons. The van der Waals surface area contributed by atoms with Gasteiger partial charge in [0.2, 0.25) is 10.0 Å². The van der Waals surface area contributed by atoms with Crippen molar-refractivity contribution in [2.45, 2.75) is 0 Å². The first-order valence-corrected chi connectivity index (χ1v) is 9.82. The molecule has 0 saturated carbocycles. The maximum atomic E-state index is 11.3. The lowest BCUT2D eigenvalue weighted by Crippen LogP contribution is -2.07.